The standard InChI is InChI=1S/C24H28N6O/c1-4-22(31)29-7-9-30(10-8-29)24-18-11-16(3)17(12-21(18)25-14-26-24)23-15(2)5-6-20-19(23)13-27-28-20/h4-6,13-14,16-17H,1,7-12H2,2-3H3,(H,27,28). The van der Waals surface area contributed by atoms with Gasteiger partial charge in [0.1, 0.15) is 12.1 Å². The summed E-state index contributed by atoms with van der Waals surface area (Å²) in [5.41, 5.74) is 6.21. The lowest BCUT2D eigenvalue weighted by atomic mass is 9.73. The maximum absolute atomic E-state index is 11.9. The van der Waals surface area contributed by atoms with Crippen LogP contribution in [0.25, 0.3) is 10.9 Å². The second-order valence-corrected chi connectivity index (χ2v) is 8.76. The molecule has 1 aliphatic heterocycles. The van der Waals surface area contributed by atoms with E-state index in [4.69, 9.17) is 4.98 Å². The summed E-state index contributed by atoms with van der Waals surface area (Å²) in [5, 5.41) is 8.61. The van der Waals surface area contributed by atoms with E-state index in [-0.39, 0.29) is 5.91 Å². The maximum atomic E-state index is 11.9. The number of nitrogens with one attached hydrogen (secondary N) is 1. The van der Waals surface area contributed by atoms with Gasteiger partial charge in [-0.25, -0.2) is 9.97 Å². The van der Waals surface area contributed by atoms with Gasteiger partial charge in [0.25, 0.3) is 0 Å². The second kappa shape index (κ2) is 7.80. The third-order valence-electron chi connectivity index (χ3n) is 6.96. The Morgan fingerprint density at radius 3 is 2.77 bits per heavy atom. The third-order valence-corrected chi connectivity index (χ3v) is 6.96. The number of fused-ring (bicyclic) bond motifs is 2. The maximum Gasteiger partial charge on any atom is 0.246 e. The number of benzene rings is 1. The summed E-state index contributed by atoms with van der Waals surface area (Å²) in [7, 11) is 0. The van der Waals surface area contributed by atoms with Gasteiger partial charge in [0.05, 0.1) is 11.7 Å². The number of carbonyl (C=O) groups is 1. The van der Waals surface area contributed by atoms with Crippen molar-refractivity contribution in [2.24, 2.45) is 5.92 Å². The van der Waals surface area contributed by atoms with Crippen molar-refractivity contribution >= 4 is 22.6 Å². The van der Waals surface area contributed by atoms with Crippen molar-refractivity contribution in [1.29, 1.82) is 0 Å². The quantitative estimate of drug-likeness (QED) is 0.664. The molecule has 0 bridgehead atoms. The molecule has 0 saturated carbocycles. The number of hydrogen-bond acceptors (Lipinski definition) is 5. The molecule has 2 aromatic heterocycles. The SMILES string of the molecule is C=CC(=O)N1CCN(c2ncnc3c2CC(C)C(c2c(C)ccc4[nH]ncc24)C3)CC1. The van der Waals surface area contributed by atoms with Crippen LogP contribution in [0.4, 0.5) is 5.82 Å². The number of nitrogens with zero attached hydrogens (tertiary/aromatic N) is 5. The van der Waals surface area contributed by atoms with Gasteiger partial charge in [-0.15, -0.1) is 0 Å². The summed E-state index contributed by atoms with van der Waals surface area (Å²) in [5.74, 6) is 1.92. The molecule has 2 atom stereocenters. The van der Waals surface area contributed by atoms with E-state index < -0.39 is 0 Å². The number of H-pyrrole nitrogens is 1. The fourth-order valence-electron chi connectivity index (χ4n) is 5.26. The van der Waals surface area contributed by atoms with E-state index in [1.54, 1.807) is 6.33 Å². The number of hydrogen-bond donors (Lipinski definition) is 1. The topological polar surface area (TPSA) is 78.0 Å². The number of carbonyl (C=O) groups excluding carboxylic acids is 1. The summed E-state index contributed by atoms with van der Waals surface area (Å²) >= 11 is 0. The molecular weight excluding hydrogens is 388 g/mol. The van der Waals surface area contributed by atoms with Gasteiger partial charge in [0, 0.05) is 42.8 Å². The predicted molar refractivity (Wildman–Crippen MR) is 121 cm³/mol. The van der Waals surface area contributed by atoms with Crippen molar-refractivity contribution in [1.82, 2.24) is 25.1 Å². The first kappa shape index (κ1) is 19.7. The first-order valence-corrected chi connectivity index (χ1v) is 11.0. The van der Waals surface area contributed by atoms with E-state index in [1.807, 2.05) is 11.1 Å². The highest BCUT2D eigenvalue weighted by Crippen LogP contribution is 2.42. The molecule has 1 fully saturated rings. The number of piperazine rings is 1. The lowest BCUT2D eigenvalue weighted by molar-refractivity contribution is -0.126. The molecular formula is C24H28N6O. The summed E-state index contributed by atoms with van der Waals surface area (Å²) in [4.78, 5) is 25.4. The van der Waals surface area contributed by atoms with Crippen LogP contribution >= 0.6 is 0 Å². The zero-order chi connectivity index (χ0) is 21.5. The van der Waals surface area contributed by atoms with Crippen LogP contribution in [0.1, 0.15) is 35.2 Å². The number of aryl methyl sites for hydroxylation is 1. The van der Waals surface area contributed by atoms with Gasteiger partial charge in [0.15, 0.2) is 0 Å². The van der Waals surface area contributed by atoms with Crippen molar-refractivity contribution in [3.63, 3.8) is 0 Å². The summed E-state index contributed by atoms with van der Waals surface area (Å²) < 4.78 is 0. The molecule has 31 heavy (non-hydrogen) atoms. The van der Waals surface area contributed by atoms with Crippen molar-refractivity contribution in [3.05, 3.63) is 59.7 Å². The molecule has 2 unspecified atom stereocenters. The largest absolute Gasteiger partial charge is 0.353 e. The number of anilines is 1. The fraction of sp³-hybridized carbons (Fsp3) is 0.417. The van der Waals surface area contributed by atoms with Crippen LogP contribution in [0, 0.1) is 12.8 Å². The monoisotopic (exact) mass is 416 g/mol. The van der Waals surface area contributed by atoms with Crippen molar-refractivity contribution in [2.45, 2.75) is 32.6 Å². The Labute approximate surface area is 182 Å². The number of aromatic nitrogens is 4. The molecule has 1 saturated heterocycles. The van der Waals surface area contributed by atoms with Crippen LogP contribution in [0.3, 0.4) is 0 Å². The Morgan fingerprint density at radius 1 is 1.19 bits per heavy atom. The first-order valence-electron chi connectivity index (χ1n) is 11.0. The molecule has 1 aliphatic carbocycles. The van der Waals surface area contributed by atoms with Gasteiger partial charge < -0.3 is 9.80 Å². The van der Waals surface area contributed by atoms with E-state index in [1.165, 1.54) is 28.2 Å². The van der Waals surface area contributed by atoms with Gasteiger partial charge in [-0.05, 0) is 54.9 Å². The Bertz CT molecular complexity index is 1140. The Morgan fingerprint density at radius 2 is 2.00 bits per heavy atom. The van der Waals surface area contributed by atoms with Gasteiger partial charge >= 0.3 is 0 Å². The minimum Gasteiger partial charge on any atom is -0.353 e. The lowest BCUT2D eigenvalue weighted by Gasteiger charge is -2.38. The second-order valence-electron chi connectivity index (χ2n) is 8.76. The van der Waals surface area contributed by atoms with Crippen LogP contribution in [0.2, 0.25) is 0 Å². The molecule has 7 nitrogen and oxygen atoms in total. The Hall–Kier alpha value is -3.22. The minimum absolute atomic E-state index is 0.00428. The smallest absolute Gasteiger partial charge is 0.246 e. The summed E-state index contributed by atoms with van der Waals surface area (Å²) in [6, 6.07) is 4.30. The highest BCUT2D eigenvalue weighted by molar-refractivity contribution is 5.87. The fourth-order valence-corrected chi connectivity index (χ4v) is 5.26. The van der Waals surface area contributed by atoms with Crippen molar-refractivity contribution in [3.8, 4) is 0 Å². The zero-order valence-corrected chi connectivity index (χ0v) is 18.1. The van der Waals surface area contributed by atoms with Gasteiger partial charge in [0.2, 0.25) is 5.91 Å². The molecule has 1 amide bonds. The molecule has 3 heterocycles. The number of rotatable bonds is 3. The predicted octanol–water partition coefficient (Wildman–Crippen LogP) is 3.01. The number of amides is 1. The van der Waals surface area contributed by atoms with E-state index in [2.05, 4.69) is 52.6 Å². The van der Waals surface area contributed by atoms with Crippen LogP contribution in [0.15, 0.2) is 37.3 Å². The van der Waals surface area contributed by atoms with Crippen molar-refractivity contribution in [2.75, 3.05) is 31.1 Å². The molecule has 0 radical (unpaired) electrons. The molecule has 1 aromatic carbocycles. The van der Waals surface area contributed by atoms with Gasteiger partial charge in [-0.1, -0.05) is 19.6 Å². The van der Waals surface area contributed by atoms with E-state index in [9.17, 15) is 4.79 Å². The highest BCUT2D eigenvalue weighted by Gasteiger charge is 2.33. The van der Waals surface area contributed by atoms with Gasteiger partial charge in [-0.3, -0.25) is 9.89 Å². The normalized spacial score (nSPS) is 21.2. The minimum atomic E-state index is 0.00428. The van der Waals surface area contributed by atoms with E-state index in [0.29, 0.717) is 24.9 Å². The molecule has 0 spiro atoms. The summed E-state index contributed by atoms with van der Waals surface area (Å²) in [6.45, 7) is 11.1. The Balaban J connectivity index is 1.44. The lowest BCUT2D eigenvalue weighted by Crippen LogP contribution is -2.49. The van der Waals surface area contributed by atoms with Crippen LogP contribution in [0.5, 0.6) is 0 Å². The number of aromatic amines is 1. The average Bonchev–Trinajstić information content (AvgIpc) is 3.27. The van der Waals surface area contributed by atoms with Crippen LogP contribution in [-0.2, 0) is 17.6 Å². The van der Waals surface area contributed by atoms with Crippen molar-refractivity contribution < 1.29 is 4.79 Å². The molecule has 1 N–H and O–H groups in total. The molecule has 160 valence electrons. The third kappa shape index (κ3) is 3.38. The summed E-state index contributed by atoms with van der Waals surface area (Å²) in [6.07, 6.45) is 6.91. The van der Waals surface area contributed by atoms with Crippen LogP contribution in [-0.4, -0.2) is 57.2 Å². The Kier molecular flexibility index (Phi) is 4.96. The van der Waals surface area contributed by atoms with E-state index >= 15 is 0 Å². The van der Waals surface area contributed by atoms with Gasteiger partial charge in [-0.2, -0.15) is 5.10 Å². The molecule has 2 aliphatic rings. The zero-order valence-electron chi connectivity index (χ0n) is 18.1. The first-order chi connectivity index (χ1) is 15.1. The van der Waals surface area contributed by atoms with E-state index in [0.717, 1.165) is 43.0 Å². The average molecular weight is 417 g/mol. The molecule has 7 heteroatoms. The van der Waals surface area contributed by atoms with Crippen LogP contribution < -0.4 is 4.90 Å². The highest BCUT2D eigenvalue weighted by atomic mass is 16.2. The molecule has 3 aromatic rings. The molecule has 5 rings (SSSR count).